The molecule has 0 atom stereocenters. The lowest BCUT2D eigenvalue weighted by atomic mass is 10.2. The van der Waals surface area contributed by atoms with E-state index >= 15 is 0 Å². The topological polar surface area (TPSA) is 96.4 Å². The van der Waals surface area contributed by atoms with E-state index in [2.05, 4.69) is 9.71 Å². The molecule has 1 aromatic carbocycles. The molecule has 0 unspecified atom stereocenters. The molecule has 0 bridgehead atoms. The van der Waals surface area contributed by atoms with Crippen molar-refractivity contribution >= 4 is 21.7 Å². The summed E-state index contributed by atoms with van der Waals surface area (Å²) in [5, 5.41) is 8.50. The molecule has 0 saturated heterocycles. The lowest BCUT2D eigenvalue weighted by molar-refractivity contribution is 0.0696. The van der Waals surface area contributed by atoms with Gasteiger partial charge in [-0.05, 0) is 31.2 Å². The second kappa shape index (κ2) is 5.30. The quantitative estimate of drug-likeness (QED) is 0.897. The molecule has 7 heteroatoms. The number of carbonyl (C=O) groups is 1. The Morgan fingerprint density at radius 2 is 1.80 bits per heavy atom. The average Bonchev–Trinajstić information content (AvgIpc) is 2.41. The van der Waals surface area contributed by atoms with Gasteiger partial charge in [-0.2, -0.15) is 8.42 Å². The first kappa shape index (κ1) is 14.0. The number of hydrogen-bond acceptors (Lipinski definition) is 4. The molecule has 2 rings (SSSR count). The maximum absolute atomic E-state index is 12.0. The number of anilines is 1. The molecule has 0 saturated carbocycles. The zero-order chi connectivity index (χ0) is 14.8. The number of pyridine rings is 1. The summed E-state index contributed by atoms with van der Waals surface area (Å²) < 4.78 is 26.5. The van der Waals surface area contributed by atoms with Crippen LogP contribution in [0.3, 0.4) is 0 Å². The molecule has 0 amide bonds. The molecule has 1 aromatic heterocycles. The van der Waals surface area contributed by atoms with Gasteiger partial charge in [0.25, 0.3) is 10.0 Å². The van der Waals surface area contributed by atoms with Crippen LogP contribution in [0.5, 0.6) is 0 Å². The van der Waals surface area contributed by atoms with Crippen LogP contribution in [0.4, 0.5) is 5.69 Å². The van der Waals surface area contributed by atoms with Crippen molar-refractivity contribution in [1.29, 1.82) is 0 Å². The number of aromatic nitrogens is 1. The van der Waals surface area contributed by atoms with E-state index in [-0.39, 0.29) is 10.6 Å². The Morgan fingerprint density at radius 3 is 2.30 bits per heavy atom. The Morgan fingerprint density at radius 1 is 1.15 bits per heavy atom. The summed E-state index contributed by atoms with van der Waals surface area (Å²) in [7, 11) is -3.82. The minimum absolute atomic E-state index is 0.0701. The molecule has 2 aromatic rings. The van der Waals surface area contributed by atoms with Gasteiger partial charge in [0.2, 0.25) is 0 Å². The zero-order valence-corrected chi connectivity index (χ0v) is 11.4. The monoisotopic (exact) mass is 292 g/mol. The highest BCUT2D eigenvalue weighted by Gasteiger charge is 2.16. The molecule has 6 nitrogen and oxygen atoms in total. The molecule has 0 spiro atoms. The standard InChI is InChI=1S/C13H12N2O4S/c1-9-2-5-11(6-3-9)15-20(18,19)12-7-4-10(8-14-12)13(16)17/h2-8,15H,1H3,(H,16,17). The third kappa shape index (κ3) is 3.12. The van der Waals surface area contributed by atoms with Crippen molar-refractivity contribution in [2.45, 2.75) is 11.9 Å². The maximum Gasteiger partial charge on any atom is 0.337 e. The minimum atomic E-state index is -3.82. The highest BCUT2D eigenvalue weighted by molar-refractivity contribution is 7.92. The van der Waals surface area contributed by atoms with Crippen molar-refractivity contribution in [2.24, 2.45) is 0 Å². The van der Waals surface area contributed by atoms with Crippen LogP contribution >= 0.6 is 0 Å². The number of carboxylic acids is 1. The van der Waals surface area contributed by atoms with Gasteiger partial charge in [0.05, 0.1) is 5.56 Å². The van der Waals surface area contributed by atoms with E-state index < -0.39 is 16.0 Å². The van der Waals surface area contributed by atoms with Gasteiger partial charge in [0.15, 0.2) is 5.03 Å². The molecular weight excluding hydrogens is 280 g/mol. The number of rotatable bonds is 4. The highest BCUT2D eigenvalue weighted by atomic mass is 32.2. The number of hydrogen-bond donors (Lipinski definition) is 2. The van der Waals surface area contributed by atoms with Crippen LogP contribution in [0.15, 0.2) is 47.6 Å². The molecule has 0 fully saturated rings. The van der Waals surface area contributed by atoms with E-state index in [0.717, 1.165) is 17.8 Å². The average molecular weight is 292 g/mol. The number of nitrogens with zero attached hydrogens (tertiary/aromatic N) is 1. The summed E-state index contributed by atoms with van der Waals surface area (Å²) in [5.74, 6) is -1.16. The van der Waals surface area contributed by atoms with Gasteiger partial charge in [-0.3, -0.25) is 4.72 Å². The first-order valence-corrected chi connectivity index (χ1v) is 7.16. The van der Waals surface area contributed by atoms with Crippen LogP contribution in [-0.2, 0) is 10.0 Å². The number of aromatic carboxylic acids is 1. The van der Waals surface area contributed by atoms with Crippen LogP contribution in [0, 0.1) is 6.92 Å². The number of carboxylic acid groups (broad SMARTS) is 1. The Kier molecular flexibility index (Phi) is 3.71. The van der Waals surface area contributed by atoms with E-state index in [9.17, 15) is 13.2 Å². The number of aryl methyl sites for hydroxylation is 1. The largest absolute Gasteiger partial charge is 0.478 e. The van der Waals surface area contributed by atoms with Crippen LogP contribution in [-0.4, -0.2) is 24.5 Å². The van der Waals surface area contributed by atoms with E-state index in [1.165, 1.54) is 6.07 Å². The van der Waals surface area contributed by atoms with Crippen molar-refractivity contribution < 1.29 is 18.3 Å². The first-order chi connectivity index (χ1) is 9.38. The molecule has 0 radical (unpaired) electrons. The first-order valence-electron chi connectivity index (χ1n) is 5.67. The summed E-state index contributed by atoms with van der Waals surface area (Å²) in [6.45, 7) is 1.89. The maximum atomic E-state index is 12.0. The summed E-state index contributed by atoms with van der Waals surface area (Å²) in [4.78, 5) is 14.3. The molecular formula is C13H12N2O4S. The fourth-order valence-electron chi connectivity index (χ4n) is 1.49. The third-order valence-corrected chi connectivity index (χ3v) is 3.86. The van der Waals surface area contributed by atoms with Crippen molar-refractivity contribution in [3.05, 3.63) is 53.7 Å². The van der Waals surface area contributed by atoms with Crippen LogP contribution in [0.2, 0.25) is 0 Å². The predicted molar refractivity (Wildman–Crippen MR) is 73.2 cm³/mol. The molecule has 2 N–H and O–H groups in total. The van der Waals surface area contributed by atoms with Crippen molar-refractivity contribution in [3.63, 3.8) is 0 Å². The lowest BCUT2D eigenvalue weighted by Gasteiger charge is -2.07. The fraction of sp³-hybridized carbons (Fsp3) is 0.0769. The van der Waals surface area contributed by atoms with Gasteiger partial charge in [-0.1, -0.05) is 17.7 Å². The van der Waals surface area contributed by atoms with E-state index in [1.54, 1.807) is 24.3 Å². The van der Waals surface area contributed by atoms with Crippen LogP contribution in [0.25, 0.3) is 0 Å². The molecule has 104 valence electrons. The predicted octanol–water partition coefficient (Wildman–Crippen LogP) is 1.89. The summed E-state index contributed by atoms with van der Waals surface area (Å²) >= 11 is 0. The SMILES string of the molecule is Cc1ccc(NS(=O)(=O)c2ccc(C(=O)O)cn2)cc1. The third-order valence-electron chi connectivity index (χ3n) is 2.56. The van der Waals surface area contributed by atoms with Gasteiger partial charge >= 0.3 is 5.97 Å². The van der Waals surface area contributed by atoms with Crippen molar-refractivity contribution in [1.82, 2.24) is 4.98 Å². The Bertz CT molecular complexity index is 722. The number of nitrogens with one attached hydrogen (secondary N) is 1. The van der Waals surface area contributed by atoms with Gasteiger partial charge in [-0.25, -0.2) is 9.78 Å². The van der Waals surface area contributed by atoms with Crippen LogP contribution < -0.4 is 4.72 Å². The van der Waals surface area contributed by atoms with Gasteiger partial charge < -0.3 is 5.11 Å². The lowest BCUT2D eigenvalue weighted by Crippen LogP contribution is -2.14. The zero-order valence-electron chi connectivity index (χ0n) is 10.6. The fourth-order valence-corrected chi connectivity index (χ4v) is 2.48. The second-order valence-corrected chi connectivity index (χ2v) is 5.79. The smallest absolute Gasteiger partial charge is 0.337 e. The van der Waals surface area contributed by atoms with Crippen molar-refractivity contribution in [2.75, 3.05) is 4.72 Å². The minimum Gasteiger partial charge on any atom is -0.478 e. The molecule has 0 aliphatic carbocycles. The van der Waals surface area contributed by atoms with Gasteiger partial charge in [0.1, 0.15) is 0 Å². The Hall–Kier alpha value is -2.41. The number of sulfonamides is 1. The van der Waals surface area contributed by atoms with Gasteiger partial charge in [0, 0.05) is 11.9 Å². The van der Waals surface area contributed by atoms with Crippen LogP contribution in [0.1, 0.15) is 15.9 Å². The second-order valence-electron chi connectivity index (χ2n) is 4.16. The van der Waals surface area contributed by atoms with Crippen molar-refractivity contribution in [3.8, 4) is 0 Å². The Labute approximate surface area is 116 Å². The molecule has 20 heavy (non-hydrogen) atoms. The number of benzene rings is 1. The molecule has 0 aliphatic heterocycles. The van der Waals surface area contributed by atoms with E-state index in [1.807, 2.05) is 6.92 Å². The van der Waals surface area contributed by atoms with E-state index in [0.29, 0.717) is 5.69 Å². The van der Waals surface area contributed by atoms with E-state index in [4.69, 9.17) is 5.11 Å². The molecule has 1 heterocycles. The highest BCUT2D eigenvalue weighted by Crippen LogP contribution is 2.15. The Balaban J connectivity index is 2.26. The summed E-state index contributed by atoms with van der Waals surface area (Å²) in [6, 6.07) is 9.17. The normalized spacial score (nSPS) is 11.1. The van der Waals surface area contributed by atoms with Gasteiger partial charge in [-0.15, -0.1) is 0 Å². The summed E-state index contributed by atoms with van der Waals surface area (Å²) in [6.07, 6.45) is 1.01. The summed E-state index contributed by atoms with van der Waals surface area (Å²) in [5.41, 5.74) is 1.36. The molecule has 0 aliphatic rings.